The average molecular weight is 202 g/mol. The molecule has 0 saturated carbocycles. The Kier molecular flexibility index (Phi) is 4.29. The van der Waals surface area contributed by atoms with Crippen LogP contribution in [0.1, 0.15) is 32.3 Å². The minimum absolute atomic E-state index is 0.253. The molecule has 0 aliphatic rings. The van der Waals surface area contributed by atoms with Gasteiger partial charge in [-0.2, -0.15) is 0 Å². The Morgan fingerprint density at radius 3 is 2.47 bits per heavy atom. The van der Waals surface area contributed by atoms with Gasteiger partial charge in [0.05, 0.1) is 0 Å². The molecule has 0 heterocycles. The first-order chi connectivity index (χ1) is 7.11. The first-order valence-electron chi connectivity index (χ1n) is 5.35. The van der Waals surface area contributed by atoms with E-state index in [4.69, 9.17) is 0 Å². The molecule has 1 nitrogen and oxygen atoms in total. The molecule has 0 aliphatic carbocycles. The van der Waals surface area contributed by atoms with Crippen molar-refractivity contribution in [2.45, 2.75) is 26.7 Å². The second-order valence-electron chi connectivity index (χ2n) is 4.03. The monoisotopic (exact) mass is 202 g/mol. The van der Waals surface area contributed by atoms with Crippen LogP contribution < -0.4 is 0 Å². The van der Waals surface area contributed by atoms with Crippen LogP contribution in [0.25, 0.3) is 5.57 Å². The van der Waals surface area contributed by atoms with Gasteiger partial charge in [0, 0.05) is 6.42 Å². The number of carbonyl (C=O) groups excluding carboxylic acids is 1. The zero-order valence-electron chi connectivity index (χ0n) is 9.49. The van der Waals surface area contributed by atoms with E-state index in [1.165, 1.54) is 5.56 Å². The van der Waals surface area contributed by atoms with Gasteiger partial charge >= 0.3 is 0 Å². The van der Waals surface area contributed by atoms with Crippen LogP contribution in [-0.4, -0.2) is 5.78 Å². The molecule has 0 aromatic heterocycles. The molecule has 15 heavy (non-hydrogen) atoms. The van der Waals surface area contributed by atoms with Crippen molar-refractivity contribution in [3.8, 4) is 0 Å². The SMILES string of the molecule is C=C(c1ccccc1)C(C)CCC(C)=O. The average Bonchev–Trinajstić information content (AvgIpc) is 2.26. The van der Waals surface area contributed by atoms with Gasteiger partial charge in [-0.15, -0.1) is 0 Å². The van der Waals surface area contributed by atoms with Crippen LogP contribution in [0.3, 0.4) is 0 Å². The Hall–Kier alpha value is -1.37. The van der Waals surface area contributed by atoms with Gasteiger partial charge in [0.1, 0.15) is 5.78 Å². The normalized spacial score (nSPS) is 12.1. The topological polar surface area (TPSA) is 17.1 Å². The molecule has 0 saturated heterocycles. The Balaban J connectivity index is 2.57. The minimum Gasteiger partial charge on any atom is -0.300 e. The molecule has 1 heteroatoms. The number of ketones is 1. The molecule has 0 N–H and O–H groups in total. The van der Waals surface area contributed by atoms with Gasteiger partial charge in [0.2, 0.25) is 0 Å². The lowest BCUT2D eigenvalue weighted by atomic mass is 9.91. The third-order valence-corrected chi connectivity index (χ3v) is 2.67. The lowest BCUT2D eigenvalue weighted by Gasteiger charge is -2.14. The number of hydrogen-bond donors (Lipinski definition) is 0. The molecular weight excluding hydrogens is 184 g/mol. The summed E-state index contributed by atoms with van der Waals surface area (Å²) in [5, 5.41) is 0. The Bertz CT molecular complexity index is 338. The highest BCUT2D eigenvalue weighted by atomic mass is 16.1. The van der Waals surface area contributed by atoms with Crippen LogP contribution in [0, 0.1) is 5.92 Å². The summed E-state index contributed by atoms with van der Waals surface area (Å²) in [6, 6.07) is 10.1. The van der Waals surface area contributed by atoms with Crippen LogP contribution in [0.15, 0.2) is 36.9 Å². The van der Waals surface area contributed by atoms with Crippen LogP contribution in [0.5, 0.6) is 0 Å². The second-order valence-corrected chi connectivity index (χ2v) is 4.03. The molecule has 1 aromatic rings. The summed E-state index contributed by atoms with van der Waals surface area (Å²) < 4.78 is 0. The maximum atomic E-state index is 10.9. The molecule has 0 fully saturated rings. The number of benzene rings is 1. The van der Waals surface area contributed by atoms with E-state index in [0.717, 1.165) is 12.0 Å². The summed E-state index contributed by atoms with van der Waals surface area (Å²) in [4.78, 5) is 10.9. The van der Waals surface area contributed by atoms with Gasteiger partial charge in [0.25, 0.3) is 0 Å². The third-order valence-electron chi connectivity index (χ3n) is 2.67. The van der Waals surface area contributed by atoms with Gasteiger partial charge in [-0.25, -0.2) is 0 Å². The maximum absolute atomic E-state index is 10.9. The summed E-state index contributed by atoms with van der Waals surface area (Å²) in [6.45, 7) is 7.85. The van der Waals surface area contributed by atoms with Gasteiger partial charge in [-0.1, -0.05) is 43.8 Å². The molecule has 0 radical (unpaired) electrons. The lowest BCUT2D eigenvalue weighted by Crippen LogP contribution is -2.01. The van der Waals surface area contributed by atoms with E-state index in [0.29, 0.717) is 12.3 Å². The molecule has 1 rings (SSSR count). The molecule has 80 valence electrons. The van der Waals surface area contributed by atoms with Crippen LogP contribution >= 0.6 is 0 Å². The van der Waals surface area contributed by atoms with Crippen molar-refractivity contribution >= 4 is 11.4 Å². The second kappa shape index (κ2) is 5.50. The highest BCUT2D eigenvalue weighted by Gasteiger charge is 2.09. The van der Waals surface area contributed by atoms with E-state index in [-0.39, 0.29) is 5.78 Å². The summed E-state index contributed by atoms with van der Waals surface area (Å²) >= 11 is 0. The van der Waals surface area contributed by atoms with Crippen molar-refractivity contribution in [1.82, 2.24) is 0 Å². The van der Waals surface area contributed by atoms with E-state index in [2.05, 4.69) is 25.6 Å². The highest BCUT2D eigenvalue weighted by Crippen LogP contribution is 2.24. The largest absolute Gasteiger partial charge is 0.300 e. The predicted octanol–water partition coefficient (Wildman–Crippen LogP) is 3.71. The maximum Gasteiger partial charge on any atom is 0.129 e. The standard InChI is InChI=1S/C14H18O/c1-11(9-10-12(2)15)13(3)14-7-5-4-6-8-14/h4-8,11H,3,9-10H2,1-2H3. The van der Waals surface area contributed by atoms with Gasteiger partial charge < -0.3 is 4.79 Å². The predicted molar refractivity (Wildman–Crippen MR) is 64.6 cm³/mol. The first kappa shape index (κ1) is 11.7. The van der Waals surface area contributed by atoms with Crippen LogP contribution in [-0.2, 0) is 4.79 Å². The number of rotatable bonds is 5. The van der Waals surface area contributed by atoms with Gasteiger partial charge in [0.15, 0.2) is 0 Å². The van der Waals surface area contributed by atoms with Crippen molar-refractivity contribution < 1.29 is 4.79 Å². The minimum atomic E-state index is 0.253. The highest BCUT2D eigenvalue weighted by molar-refractivity contribution is 5.76. The van der Waals surface area contributed by atoms with E-state index in [9.17, 15) is 4.79 Å². The van der Waals surface area contributed by atoms with Gasteiger partial charge in [-0.05, 0) is 30.4 Å². The van der Waals surface area contributed by atoms with Crippen molar-refractivity contribution in [2.75, 3.05) is 0 Å². The zero-order valence-corrected chi connectivity index (χ0v) is 9.49. The summed E-state index contributed by atoms with van der Waals surface area (Å²) in [5.74, 6) is 0.624. The zero-order chi connectivity index (χ0) is 11.3. The Morgan fingerprint density at radius 2 is 1.93 bits per heavy atom. The number of Topliss-reactive ketones (excluding diaryl/α,β-unsaturated/α-hetero) is 1. The molecule has 1 unspecified atom stereocenters. The summed E-state index contributed by atoms with van der Waals surface area (Å²) in [7, 11) is 0. The Morgan fingerprint density at radius 1 is 1.33 bits per heavy atom. The third kappa shape index (κ3) is 3.70. The number of carbonyl (C=O) groups is 1. The molecule has 1 atom stereocenters. The smallest absolute Gasteiger partial charge is 0.129 e. The molecular formula is C14H18O. The molecule has 0 amide bonds. The molecule has 0 bridgehead atoms. The fraction of sp³-hybridized carbons (Fsp3) is 0.357. The molecule has 0 aliphatic heterocycles. The van der Waals surface area contributed by atoms with Crippen molar-refractivity contribution in [3.63, 3.8) is 0 Å². The summed E-state index contributed by atoms with van der Waals surface area (Å²) in [6.07, 6.45) is 1.54. The van der Waals surface area contributed by atoms with E-state index >= 15 is 0 Å². The molecule has 0 spiro atoms. The van der Waals surface area contributed by atoms with Gasteiger partial charge in [-0.3, -0.25) is 0 Å². The lowest BCUT2D eigenvalue weighted by molar-refractivity contribution is -0.117. The number of allylic oxidation sites excluding steroid dienone is 1. The summed E-state index contributed by atoms with van der Waals surface area (Å²) in [5.41, 5.74) is 2.30. The van der Waals surface area contributed by atoms with E-state index in [1.54, 1.807) is 6.92 Å². The van der Waals surface area contributed by atoms with E-state index in [1.807, 2.05) is 18.2 Å². The molecule has 1 aromatic carbocycles. The van der Waals surface area contributed by atoms with Crippen LogP contribution in [0.4, 0.5) is 0 Å². The fourth-order valence-electron chi connectivity index (χ4n) is 1.53. The van der Waals surface area contributed by atoms with Crippen molar-refractivity contribution in [1.29, 1.82) is 0 Å². The van der Waals surface area contributed by atoms with Crippen molar-refractivity contribution in [3.05, 3.63) is 42.5 Å². The van der Waals surface area contributed by atoms with Crippen molar-refractivity contribution in [2.24, 2.45) is 5.92 Å². The van der Waals surface area contributed by atoms with E-state index < -0.39 is 0 Å². The first-order valence-corrected chi connectivity index (χ1v) is 5.35. The number of hydrogen-bond acceptors (Lipinski definition) is 1. The fourth-order valence-corrected chi connectivity index (χ4v) is 1.53. The Labute approximate surface area is 91.8 Å². The quantitative estimate of drug-likeness (QED) is 0.711. The van der Waals surface area contributed by atoms with Crippen LogP contribution in [0.2, 0.25) is 0 Å².